The third kappa shape index (κ3) is 6.53. The highest BCUT2D eigenvalue weighted by Crippen LogP contribution is 2.30. The average molecular weight is 383 g/mol. The predicted molar refractivity (Wildman–Crippen MR) is 89.5 cm³/mol. The first-order valence-electron chi connectivity index (χ1n) is 7.67. The summed E-state index contributed by atoms with van der Waals surface area (Å²) in [7, 11) is 1.51. The Hall–Kier alpha value is -3.23. The van der Waals surface area contributed by atoms with Gasteiger partial charge in [0.25, 0.3) is 5.91 Å². The molecular weight excluding hydrogens is 367 g/mol. The van der Waals surface area contributed by atoms with Crippen LogP contribution < -0.4 is 14.8 Å². The summed E-state index contributed by atoms with van der Waals surface area (Å²) in [5.74, 6) is -0.547. The molecule has 0 unspecified atom stereocenters. The number of methoxy groups -OCH3 is 1. The van der Waals surface area contributed by atoms with E-state index in [1.165, 1.54) is 13.2 Å². The Balaban J connectivity index is 1.77. The number of anilines is 1. The zero-order valence-corrected chi connectivity index (χ0v) is 14.2. The van der Waals surface area contributed by atoms with Gasteiger partial charge in [-0.05, 0) is 42.5 Å². The van der Waals surface area contributed by atoms with Gasteiger partial charge in [0.1, 0.15) is 11.5 Å². The van der Waals surface area contributed by atoms with Crippen molar-refractivity contribution in [2.24, 2.45) is 0 Å². The van der Waals surface area contributed by atoms with E-state index < -0.39 is 36.8 Å². The molecule has 0 aliphatic rings. The molecule has 0 saturated heterocycles. The van der Waals surface area contributed by atoms with E-state index in [-0.39, 0.29) is 5.69 Å². The minimum Gasteiger partial charge on any atom is -0.497 e. The van der Waals surface area contributed by atoms with E-state index in [0.29, 0.717) is 11.5 Å². The molecule has 0 aliphatic heterocycles. The molecule has 0 saturated carbocycles. The minimum absolute atomic E-state index is 0.0552. The molecule has 6 nitrogen and oxygen atoms in total. The van der Waals surface area contributed by atoms with Crippen LogP contribution >= 0.6 is 0 Å². The lowest BCUT2D eigenvalue weighted by molar-refractivity contribution is -0.149. The van der Waals surface area contributed by atoms with Gasteiger partial charge >= 0.3 is 12.1 Å². The number of benzene rings is 2. The van der Waals surface area contributed by atoms with Crippen LogP contribution in [0.5, 0.6) is 11.5 Å². The van der Waals surface area contributed by atoms with Crippen molar-refractivity contribution in [3.05, 3.63) is 54.1 Å². The summed E-state index contributed by atoms with van der Waals surface area (Å²) in [4.78, 5) is 23.3. The number of carbonyl (C=O) groups excluding carboxylic acids is 2. The Morgan fingerprint density at radius 2 is 1.67 bits per heavy atom. The van der Waals surface area contributed by atoms with Crippen LogP contribution in [-0.2, 0) is 20.5 Å². The summed E-state index contributed by atoms with van der Waals surface area (Å²) < 4.78 is 52.8. The Kier molecular flexibility index (Phi) is 6.64. The van der Waals surface area contributed by atoms with Gasteiger partial charge in [0.05, 0.1) is 12.7 Å². The van der Waals surface area contributed by atoms with Gasteiger partial charge in [-0.1, -0.05) is 6.07 Å². The van der Waals surface area contributed by atoms with Gasteiger partial charge in [0, 0.05) is 5.69 Å². The molecule has 0 spiro atoms. The normalized spacial score (nSPS) is 10.8. The van der Waals surface area contributed by atoms with Crippen LogP contribution in [0.1, 0.15) is 5.56 Å². The Morgan fingerprint density at radius 1 is 1.00 bits per heavy atom. The molecule has 2 aromatic rings. The van der Waals surface area contributed by atoms with E-state index >= 15 is 0 Å². The molecule has 2 aromatic carbocycles. The van der Waals surface area contributed by atoms with E-state index in [4.69, 9.17) is 14.2 Å². The molecule has 0 aromatic heterocycles. The van der Waals surface area contributed by atoms with Crippen LogP contribution in [0, 0.1) is 0 Å². The lowest BCUT2D eigenvalue weighted by atomic mass is 10.2. The third-order valence-corrected chi connectivity index (χ3v) is 3.25. The maximum absolute atomic E-state index is 12.6. The molecule has 0 atom stereocenters. The van der Waals surface area contributed by atoms with Crippen LogP contribution in [0.3, 0.4) is 0 Å². The maximum Gasteiger partial charge on any atom is 0.416 e. The number of rotatable bonds is 7. The Bertz CT molecular complexity index is 790. The fourth-order valence-corrected chi connectivity index (χ4v) is 1.97. The maximum atomic E-state index is 12.6. The predicted octanol–water partition coefficient (Wildman–Crippen LogP) is 3.27. The molecule has 0 heterocycles. The number of ether oxygens (including phenoxy) is 3. The fraction of sp³-hybridized carbons (Fsp3) is 0.222. The molecule has 0 bridgehead atoms. The lowest BCUT2D eigenvalue weighted by Crippen LogP contribution is -2.23. The third-order valence-electron chi connectivity index (χ3n) is 3.25. The van der Waals surface area contributed by atoms with Gasteiger partial charge in [0.15, 0.2) is 13.2 Å². The van der Waals surface area contributed by atoms with Gasteiger partial charge in [-0.15, -0.1) is 0 Å². The number of halogens is 3. The molecule has 144 valence electrons. The molecule has 0 fully saturated rings. The number of carbonyl (C=O) groups is 2. The molecule has 2 rings (SSSR count). The van der Waals surface area contributed by atoms with Crippen molar-refractivity contribution in [1.82, 2.24) is 0 Å². The van der Waals surface area contributed by atoms with Crippen LogP contribution in [0.2, 0.25) is 0 Å². The van der Waals surface area contributed by atoms with Crippen LogP contribution in [0.15, 0.2) is 48.5 Å². The van der Waals surface area contributed by atoms with E-state index in [1.54, 1.807) is 24.3 Å². The topological polar surface area (TPSA) is 73.9 Å². The molecule has 0 aliphatic carbocycles. The number of nitrogens with one attached hydrogen (secondary N) is 1. The van der Waals surface area contributed by atoms with Gasteiger partial charge < -0.3 is 19.5 Å². The second-order valence-electron chi connectivity index (χ2n) is 5.25. The molecule has 27 heavy (non-hydrogen) atoms. The quantitative estimate of drug-likeness (QED) is 0.743. The number of hydrogen-bond acceptors (Lipinski definition) is 5. The van der Waals surface area contributed by atoms with Gasteiger partial charge in [0.2, 0.25) is 0 Å². The molecule has 1 amide bonds. The second kappa shape index (κ2) is 8.93. The SMILES string of the molecule is COc1ccc(OCC(=O)OCC(=O)Nc2cccc(C(F)(F)F)c2)cc1. The van der Waals surface area contributed by atoms with Crippen molar-refractivity contribution in [2.45, 2.75) is 6.18 Å². The fourth-order valence-electron chi connectivity index (χ4n) is 1.97. The highest BCUT2D eigenvalue weighted by Gasteiger charge is 2.30. The number of amides is 1. The van der Waals surface area contributed by atoms with Crippen molar-refractivity contribution in [3.8, 4) is 11.5 Å². The number of hydrogen-bond donors (Lipinski definition) is 1. The van der Waals surface area contributed by atoms with Crippen molar-refractivity contribution < 1.29 is 37.0 Å². The number of esters is 1. The smallest absolute Gasteiger partial charge is 0.416 e. The summed E-state index contributed by atoms with van der Waals surface area (Å²) in [5, 5.41) is 2.23. The van der Waals surface area contributed by atoms with E-state index in [0.717, 1.165) is 18.2 Å². The zero-order valence-electron chi connectivity index (χ0n) is 14.2. The monoisotopic (exact) mass is 383 g/mol. The molecular formula is C18H16F3NO5. The standard InChI is InChI=1S/C18H16F3NO5/c1-25-14-5-7-15(8-6-14)26-11-17(24)27-10-16(23)22-13-4-2-3-12(9-13)18(19,20)21/h2-9H,10-11H2,1H3,(H,22,23). The largest absolute Gasteiger partial charge is 0.497 e. The highest BCUT2D eigenvalue weighted by atomic mass is 19.4. The molecule has 9 heteroatoms. The lowest BCUT2D eigenvalue weighted by Gasteiger charge is -2.10. The van der Waals surface area contributed by atoms with Crippen molar-refractivity contribution in [3.63, 3.8) is 0 Å². The van der Waals surface area contributed by atoms with Crippen LogP contribution in [0.25, 0.3) is 0 Å². The summed E-state index contributed by atoms with van der Waals surface area (Å²) in [6.45, 7) is -1.08. The van der Waals surface area contributed by atoms with E-state index in [2.05, 4.69) is 5.32 Å². The minimum atomic E-state index is -4.52. The highest BCUT2D eigenvalue weighted by molar-refractivity contribution is 5.92. The summed E-state index contributed by atoms with van der Waals surface area (Å²) in [6, 6.07) is 10.6. The first-order chi connectivity index (χ1) is 12.8. The first-order valence-corrected chi connectivity index (χ1v) is 7.67. The first kappa shape index (κ1) is 20.1. The summed E-state index contributed by atoms with van der Waals surface area (Å²) >= 11 is 0. The van der Waals surface area contributed by atoms with Gasteiger partial charge in [-0.3, -0.25) is 4.79 Å². The summed E-state index contributed by atoms with van der Waals surface area (Å²) in [5.41, 5.74) is -0.953. The Labute approximate surface area is 152 Å². The van der Waals surface area contributed by atoms with E-state index in [9.17, 15) is 22.8 Å². The molecule has 0 radical (unpaired) electrons. The van der Waals surface area contributed by atoms with Crippen molar-refractivity contribution in [2.75, 3.05) is 25.6 Å². The zero-order chi connectivity index (χ0) is 19.9. The van der Waals surface area contributed by atoms with Crippen LogP contribution in [0.4, 0.5) is 18.9 Å². The second-order valence-corrected chi connectivity index (χ2v) is 5.25. The van der Waals surface area contributed by atoms with Crippen LogP contribution in [-0.4, -0.2) is 32.2 Å². The summed E-state index contributed by atoms with van der Waals surface area (Å²) in [6.07, 6.45) is -4.52. The number of alkyl halides is 3. The van der Waals surface area contributed by atoms with Gasteiger partial charge in [-0.2, -0.15) is 13.2 Å². The van der Waals surface area contributed by atoms with E-state index in [1.807, 2.05) is 0 Å². The molecule has 1 N–H and O–H groups in total. The average Bonchev–Trinajstić information content (AvgIpc) is 2.64. The Morgan fingerprint density at radius 3 is 2.30 bits per heavy atom. The van der Waals surface area contributed by atoms with Crippen molar-refractivity contribution >= 4 is 17.6 Å². The van der Waals surface area contributed by atoms with Crippen molar-refractivity contribution in [1.29, 1.82) is 0 Å². The van der Waals surface area contributed by atoms with Gasteiger partial charge in [-0.25, -0.2) is 4.79 Å².